The molecule has 1 N–H and O–H groups in total. The summed E-state index contributed by atoms with van der Waals surface area (Å²) in [5.41, 5.74) is 0.303. The molecule has 3 aromatic rings. The monoisotopic (exact) mass is 484 g/mol. The number of hydrogen-bond acceptors (Lipinski definition) is 5. The molecule has 0 radical (unpaired) electrons. The van der Waals surface area contributed by atoms with Crippen LogP contribution in [0.3, 0.4) is 0 Å². The number of aromatic nitrogens is 5. The summed E-state index contributed by atoms with van der Waals surface area (Å²) in [5.74, 6) is 0.192. The number of halogens is 1. The highest BCUT2D eigenvalue weighted by molar-refractivity contribution is 6.06. The smallest absolute Gasteiger partial charge is 0.350 e. The maximum atomic E-state index is 15.4. The predicted octanol–water partition coefficient (Wildman–Crippen LogP) is 3.91. The number of carbonyl (C=O) groups excluding carboxylic acids is 1. The number of anilines is 1. The fourth-order valence-corrected chi connectivity index (χ4v) is 4.73. The van der Waals surface area contributed by atoms with E-state index in [1.165, 1.54) is 17.1 Å². The van der Waals surface area contributed by atoms with Gasteiger partial charge in [0, 0.05) is 38.3 Å². The first kappa shape index (κ1) is 24.7. The Morgan fingerprint density at radius 1 is 1.23 bits per heavy atom. The van der Waals surface area contributed by atoms with E-state index in [0.717, 1.165) is 42.0 Å². The fraction of sp³-hybridized carbons (Fsp3) is 0.520. The van der Waals surface area contributed by atoms with Crippen molar-refractivity contribution in [3.05, 3.63) is 51.6 Å². The normalized spacial score (nSPS) is 15.3. The predicted molar refractivity (Wildman–Crippen MR) is 131 cm³/mol. The van der Waals surface area contributed by atoms with Crippen LogP contribution in [0.4, 0.5) is 10.2 Å². The topological polar surface area (TPSA) is 96.0 Å². The molecule has 1 saturated carbocycles. The molecule has 2 aromatic heterocycles. The second-order valence-corrected chi connectivity index (χ2v) is 9.33. The van der Waals surface area contributed by atoms with Crippen LogP contribution in [0, 0.1) is 18.7 Å². The van der Waals surface area contributed by atoms with Crippen molar-refractivity contribution in [3.8, 4) is 11.4 Å². The average Bonchev–Trinajstić information content (AvgIpc) is 3.31. The number of nitrogens with zero attached hydrogens (tertiary/aromatic N) is 5. The molecule has 1 atom stereocenters. The molecular formula is C25H33FN6O3. The number of aryl methyl sites for hydroxylation is 3. The van der Waals surface area contributed by atoms with Crippen LogP contribution in [0.15, 0.2) is 23.1 Å². The maximum absolute atomic E-state index is 15.4. The number of ether oxygens (including phenoxy) is 1. The molecule has 1 amide bonds. The number of rotatable bonds is 7. The molecule has 10 heteroatoms. The Kier molecular flexibility index (Phi) is 7.09. The third-order valence-corrected chi connectivity index (χ3v) is 6.78. The van der Waals surface area contributed by atoms with Gasteiger partial charge in [-0.1, -0.05) is 26.2 Å². The van der Waals surface area contributed by atoms with E-state index in [2.05, 4.69) is 15.5 Å². The van der Waals surface area contributed by atoms with Crippen molar-refractivity contribution in [2.75, 3.05) is 5.32 Å². The highest BCUT2D eigenvalue weighted by Crippen LogP contribution is 2.32. The molecule has 0 unspecified atom stereocenters. The highest BCUT2D eigenvalue weighted by atomic mass is 19.1. The molecule has 1 fully saturated rings. The molecule has 188 valence electrons. The molecule has 4 rings (SSSR count). The maximum Gasteiger partial charge on any atom is 0.350 e. The standard InChI is InChI=1S/C25H33FN6O3/c1-6-22-28-32(25(34)31(22)5)20-13-21(35-16(3)17-10-8-7-9-11-17)18(12-19(20)26)24(33)27-23-15(2)14-30(4)29-23/h12-14,16-17H,6-11H2,1-5H3,(H,27,29,33)/t16-/m0/s1. The zero-order valence-corrected chi connectivity index (χ0v) is 21.0. The van der Waals surface area contributed by atoms with Gasteiger partial charge in [0.2, 0.25) is 0 Å². The lowest BCUT2D eigenvalue weighted by Crippen LogP contribution is -2.27. The highest BCUT2D eigenvalue weighted by Gasteiger charge is 2.26. The molecule has 0 aliphatic heterocycles. The first-order valence-corrected chi connectivity index (χ1v) is 12.2. The lowest BCUT2D eigenvalue weighted by atomic mass is 9.86. The summed E-state index contributed by atoms with van der Waals surface area (Å²) in [4.78, 5) is 26.0. The lowest BCUT2D eigenvalue weighted by molar-refractivity contribution is 0.0996. The summed E-state index contributed by atoms with van der Waals surface area (Å²) in [7, 11) is 3.36. The largest absolute Gasteiger partial charge is 0.490 e. The fourth-order valence-electron chi connectivity index (χ4n) is 4.73. The first-order valence-electron chi connectivity index (χ1n) is 12.2. The second-order valence-electron chi connectivity index (χ2n) is 9.33. The van der Waals surface area contributed by atoms with Crippen LogP contribution in [0.25, 0.3) is 5.69 Å². The van der Waals surface area contributed by atoms with Crippen molar-refractivity contribution < 1.29 is 13.9 Å². The summed E-state index contributed by atoms with van der Waals surface area (Å²) in [6.45, 7) is 5.68. The van der Waals surface area contributed by atoms with Gasteiger partial charge in [0.15, 0.2) is 5.82 Å². The quantitative estimate of drug-likeness (QED) is 0.549. The van der Waals surface area contributed by atoms with Gasteiger partial charge in [-0.2, -0.15) is 9.78 Å². The van der Waals surface area contributed by atoms with Crippen molar-refractivity contribution in [1.82, 2.24) is 24.1 Å². The zero-order valence-electron chi connectivity index (χ0n) is 21.0. The number of amides is 1. The van der Waals surface area contributed by atoms with Crippen LogP contribution < -0.4 is 15.7 Å². The molecule has 9 nitrogen and oxygen atoms in total. The van der Waals surface area contributed by atoms with Crippen LogP contribution in [-0.2, 0) is 20.5 Å². The Morgan fingerprint density at radius 3 is 2.54 bits per heavy atom. The van der Waals surface area contributed by atoms with Gasteiger partial charge in [-0.3, -0.25) is 14.0 Å². The molecule has 0 spiro atoms. The van der Waals surface area contributed by atoms with Crippen molar-refractivity contribution in [1.29, 1.82) is 0 Å². The number of nitrogens with one attached hydrogen (secondary N) is 1. The van der Waals surface area contributed by atoms with E-state index in [1.807, 2.05) is 20.8 Å². The summed E-state index contributed by atoms with van der Waals surface area (Å²) in [6.07, 6.45) is 7.71. The summed E-state index contributed by atoms with van der Waals surface area (Å²) >= 11 is 0. The molecule has 0 bridgehead atoms. The van der Waals surface area contributed by atoms with E-state index >= 15 is 4.39 Å². The van der Waals surface area contributed by atoms with Gasteiger partial charge >= 0.3 is 5.69 Å². The summed E-state index contributed by atoms with van der Waals surface area (Å²) < 4.78 is 25.6. The van der Waals surface area contributed by atoms with Gasteiger partial charge < -0.3 is 10.1 Å². The van der Waals surface area contributed by atoms with Gasteiger partial charge in [-0.05, 0) is 38.7 Å². The Hall–Kier alpha value is -3.43. The third-order valence-electron chi connectivity index (χ3n) is 6.78. The Balaban J connectivity index is 1.75. The Labute approximate surface area is 203 Å². The van der Waals surface area contributed by atoms with E-state index in [9.17, 15) is 9.59 Å². The van der Waals surface area contributed by atoms with Gasteiger partial charge in [0.05, 0.1) is 11.7 Å². The van der Waals surface area contributed by atoms with Gasteiger partial charge in [-0.25, -0.2) is 9.18 Å². The first-order chi connectivity index (χ1) is 16.7. The minimum atomic E-state index is -0.742. The summed E-state index contributed by atoms with van der Waals surface area (Å²) in [5, 5.41) is 11.3. The van der Waals surface area contributed by atoms with Crippen molar-refractivity contribution in [2.24, 2.45) is 20.0 Å². The molecule has 1 aromatic carbocycles. The zero-order chi connectivity index (χ0) is 25.3. The van der Waals surface area contributed by atoms with E-state index in [-0.39, 0.29) is 23.1 Å². The van der Waals surface area contributed by atoms with Crippen molar-refractivity contribution in [3.63, 3.8) is 0 Å². The molecule has 35 heavy (non-hydrogen) atoms. The van der Waals surface area contributed by atoms with Gasteiger partial charge in [0.25, 0.3) is 5.91 Å². The summed E-state index contributed by atoms with van der Waals surface area (Å²) in [6, 6.07) is 2.52. The van der Waals surface area contributed by atoms with Crippen LogP contribution in [0.2, 0.25) is 0 Å². The average molecular weight is 485 g/mol. The van der Waals surface area contributed by atoms with E-state index in [1.54, 1.807) is 25.0 Å². The van der Waals surface area contributed by atoms with Gasteiger partial charge in [-0.15, -0.1) is 5.10 Å². The van der Waals surface area contributed by atoms with Crippen LogP contribution in [0.5, 0.6) is 5.75 Å². The van der Waals surface area contributed by atoms with Gasteiger partial charge in [0.1, 0.15) is 23.1 Å². The molecule has 1 aliphatic rings. The molecule has 0 saturated heterocycles. The Morgan fingerprint density at radius 2 is 1.94 bits per heavy atom. The van der Waals surface area contributed by atoms with Crippen molar-refractivity contribution >= 4 is 11.7 Å². The minimum absolute atomic E-state index is 0.0404. The SMILES string of the molecule is CCc1nn(-c2cc(O[C@@H](C)C3CCCCC3)c(C(=O)Nc3nn(C)cc3C)cc2F)c(=O)n1C. The van der Waals surface area contributed by atoms with Crippen LogP contribution >= 0.6 is 0 Å². The third kappa shape index (κ3) is 5.01. The van der Waals surface area contributed by atoms with E-state index < -0.39 is 17.4 Å². The van der Waals surface area contributed by atoms with Crippen molar-refractivity contribution in [2.45, 2.75) is 65.4 Å². The lowest BCUT2D eigenvalue weighted by Gasteiger charge is -2.29. The molecule has 1 aliphatic carbocycles. The number of benzene rings is 1. The molecule has 2 heterocycles. The molecular weight excluding hydrogens is 451 g/mol. The number of carbonyl (C=O) groups is 1. The van der Waals surface area contributed by atoms with E-state index in [4.69, 9.17) is 4.74 Å². The van der Waals surface area contributed by atoms with Crippen LogP contribution in [-0.4, -0.2) is 36.1 Å². The Bertz CT molecular complexity index is 1290. The minimum Gasteiger partial charge on any atom is -0.490 e. The van der Waals surface area contributed by atoms with Crippen LogP contribution in [0.1, 0.15) is 67.7 Å². The van der Waals surface area contributed by atoms with E-state index in [0.29, 0.717) is 24.0 Å². The second kappa shape index (κ2) is 10.1. The number of hydrogen-bond donors (Lipinski definition) is 1.